The van der Waals surface area contributed by atoms with Crippen LogP contribution in [0.2, 0.25) is 0 Å². The molecule has 0 unspecified atom stereocenters. The lowest BCUT2D eigenvalue weighted by Gasteiger charge is -2.38. The molecular weight excluding hydrogens is 421 g/mol. The van der Waals surface area contributed by atoms with E-state index in [0.29, 0.717) is 12.5 Å². The van der Waals surface area contributed by atoms with Crippen molar-refractivity contribution in [2.75, 3.05) is 32.8 Å². The van der Waals surface area contributed by atoms with Gasteiger partial charge in [0.1, 0.15) is 0 Å². The van der Waals surface area contributed by atoms with Gasteiger partial charge in [-0.05, 0) is 30.2 Å². The monoisotopic (exact) mass is 448 g/mol. The number of carboxylic acid groups (broad SMARTS) is 1. The van der Waals surface area contributed by atoms with Crippen molar-refractivity contribution in [3.05, 3.63) is 22.4 Å². The molecule has 0 spiro atoms. The number of carbonyl (C=O) groups is 2. The molecule has 1 N–H and O–H groups in total. The zero-order valence-corrected chi connectivity index (χ0v) is 17.5. The quantitative estimate of drug-likeness (QED) is 0.767. The molecule has 0 bridgehead atoms. The first kappa shape index (κ1) is 23.0. The topological polar surface area (TPSA) is 70.1 Å². The van der Waals surface area contributed by atoms with Crippen molar-refractivity contribution >= 4 is 23.2 Å². The normalized spacial score (nSPS) is 25.0. The molecule has 1 aliphatic carbocycles. The predicted molar refractivity (Wildman–Crippen MR) is 105 cm³/mol. The van der Waals surface area contributed by atoms with Crippen LogP contribution in [0.3, 0.4) is 0 Å². The fourth-order valence-corrected chi connectivity index (χ4v) is 5.08. The highest BCUT2D eigenvalue weighted by atomic mass is 32.1. The Morgan fingerprint density at radius 3 is 2.53 bits per heavy atom. The van der Waals surface area contributed by atoms with Crippen LogP contribution in [-0.2, 0) is 20.7 Å². The van der Waals surface area contributed by atoms with E-state index < -0.39 is 12.1 Å². The lowest BCUT2D eigenvalue weighted by molar-refractivity contribution is -0.192. The van der Waals surface area contributed by atoms with Gasteiger partial charge in [0.15, 0.2) is 0 Å². The SMILES string of the molecule is O=C(Cc1cccs1)N1C[C@@H]2OCCN(CC3CCCC3)[C@@H]2C1.O=C(O)C(F)(F)F. The maximum atomic E-state index is 12.6. The third-order valence-corrected chi connectivity index (χ3v) is 6.76. The van der Waals surface area contributed by atoms with Gasteiger partial charge in [-0.15, -0.1) is 11.3 Å². The molecule has 3 fully saturated rings. The number of likely N-dealkylation sites (tertiary alicyclic amines) is 1. The molecule has 6 nitrogen and oxygen atoms in total. The summed E-state index contributed by atoms with van der Waals surface area (Å²) in [6, 6.07) is 4.48. The maximum Gasteiger partial charge on any atom is 0.490 e. The Morgan fingerprint density at radius 2 is 1.93 bits per heavy atom. The minimum absolute atomic E-state index is 0.220. The molecule has 3 aliphatic rings. The lowest BCUT2D eigenvalue weighted by atomic mass is 10.0. The number of aliphatic carboxylic acids is 1. The number of alkyl halides is 3. The van der Waals surface area contributed by atoms with E-state index in [-0.39, 0.29) is 12.0 Å². The van der Waals surface area contributed by atoms with Gasteiger partial charge in [-0.3, -0.25) is 9.69 Å². The number of amides is 1. The van der Waals surface area contributed by atoms with Crippen LogP contribution in [0, 0.1) is 5.92 Å². The Hall–Kier alpha value is -1.65. The molecule has 2 saturated heterocycles. The van der Waals surface area contributed by atoms with Crippen molar-refractivity contribution in [1.29, 1.82) is 0 Å². The van der Waals surface area contributed by atoms with Crippen molar-refractivity contribution in [2.45, 2.75) is 50.4 Å². The fourth-order valence-electron chi connectivity index (χ4n) is 4.39. The van der Waals surface area contributed by atoms with Gasteiger partial charge in [-0.1, -0.05) is 18.9 Å². The smallest absolute Gasteiger partial charge is 0.475 e. The van der Waals surface area contributed by atoms with Gasteiger partial charge >= 0.3 is 12.1 Å². The van der Waals surface area contributed by atoms with Gasteiger partial charge in [-0.25, -0.2) is 4.79 Å². The zero-order chi connectivity index (χ0) is 21.7. The number of rotatable bonds is 4. The number of carboxylic acids is 1. The minimum Gasteiger partial charge on any atom is -0.475 e. The second-order valence-electron chi connectivity index (χ2n) is 7.98. The highest BCUT2D eigenvalue weighted by Crippen LogP contribution is 2.30. The first-order valence-electron chi connectivity index (χ1n) is 10.2. The average molecular weight is 449 g/mol. The van der Waals surface area contributed by atoms with Crippen molar-refractivity contribution in [2.24, 2.45) is 5.92 Å². The first-order valence-corrected chi connectivity index (χ1v) is 11.1. The van der Waals surface area contributed by atoms with Crippen molar-refractivity contribution < 1.29 is 32.6 Å². The van der Waals surface area contributed by atoms with Gasteiger partial charge in [0.25, 0.3) is 0 Å². The van der Waals surface area contributed by atoms with Crippen LogP contribution in [0.4, 0.5) is 13.2 Å². The third kappa shape index (κ3) is 6.18. The first-order chi connectivity index (χ1) is 14.2. The molecule has 2 aliphatic heterocycles. The molecule has 0 aromatic carbocycles. The molecule has 1 aromatic heterocycles. The molecule has 10 heteroatoms. The average Bonchev–Trinajstić information content (AvgIpc) is 3.43. The molecule has 1 aromatic rings. The van der Waals surface area contributed by atoms with Crippen LogP contribution in [0.15, 0.2) is 17.5 Å². The van der Waals surface area contributed by atoms with E-state index in [1.165, 1.54) is 32.2 Å². The van der Waals surface area contributed by atoms with Crippen molar-refractivity contribution in [3.63, 3.8) is 0 Å². The second kappa shape index (κ2) is 10.1. The maximum absolute atomic E-state index is 12.6. The van der Waals surface area contributed by atoms with Gasteiger partial charge in [0.05, 0.1) is 25.2 Å². The predicted octanol–water partition coefficient (Wildman–Crippen LogP) is 3.03. The van der Waals surface area contributed by atoms with E-state index in [0.717, 1.165) is 37.0 Å². The van der Waals surface area contributed by atoms with Crippen LogP contribution in [0.1, 0.15) is 30.6 Å². The number of nitrogens with zero attached hydrogens (tertiary/aromatic N) is 2. The number of hydrogen-bond donors (Lipinski definition) is 1. The number of fused-ring (bicyclic) bond motifs is 1. The zero-order valence-electron chi connectivity index (χ0n) is 16.6. The second-order valence-corrected chi connectivity index (χ2v) is 9.01. The molecule has 0 radical (unpaired) electrons. The summed E-state index contributed by atoms with van der Waals surface area (Å²) in [5, 5.41) is 9.17. The summed E-state index contributed by atoms with van der Waals surface area (Å²) in [6.07, 6.45) is 1.24. The van der Waals surface area contributed by atoms with Gasteiger partial charge in [0, 0.05) is 31.1 Å². The van der Waals surface area contributed by atoms with Crippen LogP contribution in [0.5, 0.6) is 0 Å². The molecule has 3 heterocycles. The van der Waals surface area contributed by atoms with Crippen molar-refractivity contribution in [1.82, 2.24) is 9.80 Å². The lowest BCUT2D eigenvalue weighted by Crippen LogP contribution is -2.52. The summed E-state index contributed by atoms with van der Waals surface area (Å²) in [7, 11) is 0. The van der Waals surface area contributed by atoms with Crippen LogP contribution < -0.4 is 0 Å². The van der Waals surface area contributed by atoms with Gasteiger partial charge in [-0.2, -0.15) is 13.2 Å². The minimum atomic E-state index is -5.08. The molecule has 4 rings (SSSR count). The van der Waals surface area contributed by atoms with E-state index >= 15 is 0 Å². The summed E-state index contributed by atoms with van der Waals surface area (Å²) >= 11 is 1.67. The molecule has 1 amide bonds. The van der Waals surface area contributed by atoms with E-state index in [4.69, 9.17) is 14.6 Å². The molecule has 2 atom stereocenters. The van der Waals surface area contributed by atoms with Crippen LogP contribution in [-0.4, -0.2) is 77.9 Å². The van der Waals surface area contributed by atoms with E-state index in [1.54, 1.807) is 11.3 Å². The number of halogens is 3. The number of carbonyl (C=O) groups excluding carboxylic acids is 1. The van der Waals surface area contributed by atoms with Crippen LogP contribution >= 0.6 is 11.3 Å². The summed E-state index contributed by atoms with van der Waals surface area (Å²) in [6.45, 7) is 4.68. The fraction of sp³-hybridized carbons (Fsp3) is 0.700. The number of thiophene rings is 1. The highest BCUT2D eigenvalue weighted by Gasteiger charge is 2.42. The Morgan fingerprint density at radius 1 is 1.23 bits per heavy atom. The Labute approximate surface area is 177 Å². The number of morpholine rings is 1. The van der Waals surface area contributed by atoms with E-state index in [1.807, 2.05) is 16.3 Å². The van der Waals surface area contributed by atoms with E-state index in [2.05, 4.69) is 11.0 Å². The molecular formula is C20H27F3N2O4S. The number of ether oxygens (including phenoxy) is 1. The Kier molecular flexibility index (Phi) is 7.75. The van der Waals surface area contributed by atoms with Crippen molar-refractivity contribution in [3.8, 4) is 0 Å². The summed E-state index contributed by atoms with van der Waals surface area (Å²) < 4.78 is 37.7. The molecule has 168 valence electrons. The summed E-state index contributed by atoms with van der Waals surface area (Å²) in [5.41, 5.74) is 0. The summed E-state index contributed by atoms with van der Waals surface area (Å²) in [4.78, 5) is 27.3. The molecule has 1 saturated carbocycles. The third-order valence-electron chi connectivity index (χ3n) is 5.88. The largest absolute Gasteiger partial charge is 0.490 e. The molecule has 30 heavy (non-hydrogen) atoms. The van der Waals surface area contributed by atoms with E-state index in [9.17, 15) is 18.0 Å². The van der Waals surface area contributed by atoms with Gasteiger partial charge < -0.3 is 14.7 Å². The Balaban J connectivity index is 0.000000318. The summed E-state index contributed by atoms with van der Waals surface area (Å²) in [5.74, 6) is -1.64. The van der Waals surface area contributed by atoms with Gasteiger partial charge in [0.2, 0.25) is 5.91 Å². The standard InChI is InChI=1S/C18H26N2O2S.C2HF3O2/c21-18(10-15-6-3-9-23-15)20-12-16-17(13-20)22-8-7-19(16)11-14-4-1-2-5-14;3-2(4,5)1(6)7/h3,6,9,14,16-17H,1-2,4-5,7-8,10-13H2;(H,6,7)/t16-,17+;/m1./s1. The highest BCUT2D eigenvalue weighted by molar-refractivity contribution is 7.10. The van der Waals surface area contributed by atoms with Crippen LogP contribution in [0.25, 0.3) is 0 Å². The Bertz CT molecular complexity index is 707. The number of hydrogen-bond acceptors (Lipinski definition) is 5.